The standard InChI is InChI=1S/C14H17ClFN3O/c1-2-20-9-3-6-17-14-18-7-8-19(14)13-5-4-11(16)10-12(13)15/h4-5,7-8,10H,2-3,6,9H2,1H3,(H,17,18). The molecule has 108 valence electrons. The van der Waals surface area contributed by atoms with Crippen molar-refractivity contribution < 1.29 is 9.13 Å². The van der Waals surface area contributed by atoms with Gasteiger partial charge in [0, 0.05) is 32.2 Å². The predicted molar refractivity (Wildman–Crippen MR) is 78.1 cm³/mol. The zero-order chi connectivity index (χ0) is 14.4. The normalized spacial score (nSPS) is 10.8. The van der Waals surface area contributed by atoms with Gasteiger partial charge in [-0.15, -0.1) is 0 Å². The number of aromatic nitrogens is 2. The van der Waals surface area contributed by atoms with E-state index < -0.39 is 0 Å². The molecule has 2 aromatic rings. The molecule has 0 fully saturated rings. The van der Waals surface area contributed by atoms with Gasteiger partial charge in [0.05, 0.1) is 10.7 Å². The minimum atomic E-state index is -0.356. The van der Waals surface area contributed by atoms with Crippen LogP contribution in [0.1, 0.15) is 13.3 Å². The van der Waals surface area contributed by atoms with Crippen molar-refractivity contribution in [2.45, 2.75) is 13.3 Å². The van der Waals surface area contributed by atoms with Crippen LogP contribution in [0.5, 0.6) is 0 Å². The smallest absolute Gasteiger partial charge is 0.207 e. The van der Waals surface area contributed by atoms with Gasteiger partial charge in [0.1, 0.15) is 5.82 Å². The highest BCUT2D eigenvalue weighted by Crippen LogP contribution is 2.24. The second kappa shape index (κ2) is 7.26. The van der Waals surface area contributed by atoms with Crippen LogP contribution in [0.2, 0.25) is 5.02 Å². The van der Waals surface area contributed by atoms with Gasteiger partial charge in [0.2, 0.25) is 5.95 Å². The van der Waals surface area contributed by atoms with Crippen LogP contribution in [-0.4, -0.2) is 29.3 Å². The Hall–Kier alpha value is -1.59. The SMILES string of the molecule is CCOCCCNc1nccn1-c1ccc(F)cc1Cl. The molecule has 20 heavy (non-hydrogen) atoms. The Labute approximate surface area is 122 Å². The van der Waals surface area contributed by atoms with E-state index in [9.17, 15) is 4.39 Å². The molecule has 0 spiro atoms. The third kappa shape index (κ3) is 3.71. The number of hydrogen-bond donors (Lipinski definition) is 1. The minimum Gasteiger partial charge on any atom is -0.382 e. The second-order valence-corrected chi connectivity index (χ2v) is 4.60. The lowest BCUT2D eigenvalue weighted by molar-refractivity contribution is 0.147. The van der Waals surface area contributed by atoms with E-state index in [1.165, 1.54) is 12.1 Å². The number of hydrogen-bond acceptors (Lipinski definition) is 3. The fourth-order valence-electron chi connectivity index (χ4n) is 1.82. The molecule has 0 aliphatic heterocycles. The average molecular weight is 298 g/mol. The van der Waals surface area contributed by atoms with Gasteiger partial charge < -0.3 is 10.1 Å². The van der Waals surface area contributed by atoms with E-state index in [1.807, 2.05) is 6.92 Å². The molecule has 0 saturated carbocycles. The van der Waals surface area contributed by atoms with Crippen molar-refractivity contribution in [3.8, 4) is 5.69 Å². The molecule has 0 aliphatic rings. The second-order valence-electron chi connectivity index (χ2n) is 4.19. The maximum absolute atomic E-state index is 13.1. The fourth-order valence-corrected chi connectivity index (χ4v) is 2.08. The summed E-state index contributed by atoms with van der Waals surface area (Å²) in [6.45, 7) is 4.15. The van der Waals surface area contributed by atoms with E-state index >= 15 is 0 Å². The molecule has 0 aliphatic carbocycles. The van der Waals surface area contributed by atoms with E-state index in [-0.39, 0.29) is 5.82 Å². The molecule has 0 bridgehead atoms. The van der Waals surface area contributed by atoms with Crippen LogP contribution >= 0.6 is 11.6 Å². The highest BCUT2D eigenvalue weighted by atomic mass is 35.5. The van der Waals surface area contributed by atoms with Crippen molar-refractivity contribution in [3.05, 3.63) is 41.4 Å². The Morgan fingerprint density at radius 1 is 1.45 bits per heavy atom. The van der Waals surface area contributed by atoms with E-state index in [1.54, 1.807) is 23.0 Å². The number of imidazole rings is 1. The molecule has 1 heterocycles. The lowest BCUT2D eigenvalue weighted by Crippen LogP contribution is -2.10. The molecule has 1 N–H and O–H groups in total. The minimum absolute atomic E-state index is 0.348. The Morgan fingerprint density at radius 2 is 2.30 bits per heavy atom. The van der Waals surface area contributed by atoms with Gasteiger partial charge in [0.15, 0.2) is 0 Å². The molecule has 6 heteroatoms. The summed E-state index contributed by atoms with van der Waals surface area (Å²) < 4.78 is 20.1. The molecule has 1 aromatic heterocycles. The molecule has 2 rings (SSSR count). The number of rotatable bonds is 7. The highest BCUT2D eigenvalue weighted by molar-refractivity contribution is 6.32. The maximum Gasteiger partial charge on any atom is 0.207 e. The Kier molecular flexibility index (Phi) is 5.38. The summed E-state index contributed by atoms with van der Waals surface area (Å²) in [4.78, 5) is 4.23. The van der Waals surface area contributed by atoms with Gasteiger partial charge in [-0.3, -0.25) is 4.57 Å². The quantitative estimate of drug-likeness (QED) is 0.795. The summed E-state index contributed by atoms with van der Waals surface area (Å²) in [5.41, 5.74) is 0.692. The lowest BCUT2D eigenvalue weighted by atomic mass is 10.3. The molecule has 0 radical (unpaired) electrons. The van der Waals surface area contributed by atoms with Crippen LogP contribution in [0.3, 0.4) is 0 Å². The van der Waals surface area contributed by atoms with Crippen molar-refractivity contribution in [1.82, 2.24) is 9.55 Å². The number of anilines is 1. The topological polar surface area (TPSA) is 39.1 Å². The van der Waals surface area contributed by atoms with Crippen molar-refractivity contribution in [3.63, 3.8) is 0 Å². The number of benzene rings is 1. The van der Waals surface area contributed by atoms with E-state index in [2.05, 4.69) is 10.3 Å². The molecular weight excluding hydrogens is 281 g/mol. The molecule has 0 amide bonds. The zero-order valence-corrected chi connectivity index (χ0v) is 12.0. The molecule has 0 atom stereocenters. The molecule has 0 unspecified atom stereocenters. The Balaban J connectivity index is 2.04. The van der Waals surface area contributed by atoms with Crippen molar-refractivity contribution in [2.75, 3.05) is 25.1 Å². The summed E-state index contributed by atoms with van der Waals surface area (Å²) >= 11 is 6.06. The Morgan fingerprint density at radius 3 is 3.05 bits per heavy atom. The summed E-state index contributed by atoms with van der Waals surface area (Å²) in [7, 11) is 0. The van der Waals surface area contributed by atoms with Gasteiger partial charge in [-0.25, -0.2) is 9.37 Å². The average Bonchev–Trinajstić information content (AvgIpc) is 2.87. The van der Waals surface area contributed by atoms with Gasteiger partial charge in [-0.1, -0.05) is 11.6 Å². The van der Waals surface area contributed by atoms with Gasteiger partial charge >= 0.3 is 0 Å². The third-order valence-electron chi connectivity index (χ3n) is 2.76. The van der Waals surface area contributed by atoms with Crippen LogP contribution < -0.4 is 5.32 Å². The largest absolute Gasteiger partial charge is 0.382 e. The van der Waals surface area contributed by atoms with E-state index in [0.29, 0.717) is 23.3 Å². The first-order valence-corrected chi connectivity index (χ1v) is 6.90. The van der Waals surface area contributed by atoms with E-state index in [0.717, 1.165) is 19.6 Å². The van der Waals surface area contributed by atoms with Crippen LogP contribution in [-0.2, 0) is 4.74 Å². The third-order valence-corrected chi connectivity index (χ3v) is 3.07. The number of halogens is 2. The molecule has 4 nitrogen and oxygen atoms in total. The van der Waals surface area contributed by atoms with Gasteiger partial charge in [-0.05, 0) is 31.5 Å². The molecule has 0 saturated heterocycles. The summed E-state index contributed by atoms with van der Waals surface area (Å²) in [6, 6.07) is 4.29. The number of nitrogens with zero attached hydrogens (tertiary/aromatic N) is 2. The molecular formula is C14H17ClFN3O. The first kappa shape index (κ1) is 14.8. The van der Waals surface area contributed by atoms with Crippen LogP contribution in [0.15, 0.2) is 30.6 Å². The lowest BCUT2D eigenvalue weighted by Gasteiger charge is -2.11. The van der Waals surface area contributed by atoms with Crippen molar-refractivity contribution in [2.24, 2.45) is 0 Å². The Bertz CT molecular complexity index is 559. The number of ether oxygens (including phenoxy) is 1. The summed E-state index contributed by atoms with van der Waals surface area (Å²) in [5, 5.41) is 3.56. The van der Waals surface area contributed by atoms with Crippen LogP contribution in [0.4, 0.5) is 10.3 Å². The van der Waals surface area contributed by atoms with Crippen LogP contribution in [0, 0.1) is 5.82 Å². The molecule has 1 aromatic carbocycles. The zero-order valence-electron chi connectivity index (χ0n) is 11.3. The first-order chi connectivity index (χ1) is 9.72. The van der Waals surface area contributed by atoms with Gasteiger partial charge in [-0.2, -0.15) is 0 Å². The highest BCUT2D eigenvalue weighted by Gasteiger charge is 2.08. The van der Waals surface area contributed by atoms with Crippen LogP contribution in [0.25, 0.3) is 5.69 Å². The van der Waals surface area contributed by atoms with Crippen molar-refractivity contribution in [1.29, 1.82) is 0 Å². The summed E-state index contributed by atoms with van der Waals surface area (Å²) in [6.07, 6.45) is 4.34. The first-order valence-electron chi connectivity index (χ1n) is 6.52. The monoisotopic (exact) mass is 297 g/mol. The maximum atomic E-state index is 13.1. The van der Waals surface area contributed by atoms with Gasteiger partial charge in [0.25, 0.3) is 0 Å². The number of nitrogens with one attached hydrogen (secondary N) is 1. The summed E-state index contributed by atoms with van der Waals surface area (Å²) in [5.74, 6) is 0.320. The van der Waals surface area contributed by atoms with E-state index in [4.69, 9.17) is 16.3 Å². The van der Waals surface area contributed by atoms with Crippen molar-refractivity contribution >= 4 is 17.5 Å². The fraction of sp³-hybridized carbons (Fsp3) is 0.357. The predicted octanol–water partition coefficient (Wildman–Crippen LogP) is 3.50.